The normalized spacial score (nSPS) is 40.4. The summed E-state index contributed by atoms with van der Waals surface area (Å²) >= 11 is 0. The number of carbonyl (C=O) groups is 1. The Balaban J connectivity index is 2.42. The Hall–Kier alpha value is -0.570. The highest BCUT2D eigenvalue weighted by molar-refractivity contribution is 5.74. The van der Waals surface area contributed by atoms with E-state index in [9.17, 15) is 4.79 Å². The van der Waals surface area contributed by atoms with Crippen LogP contribution in [0.1, 0.15) is 6.92 Å². The molecule has 0 unspecified atom stereocenters. The van der Waals surface area contributed by atoms with E-state index in [4.69, 9.17) is 10.2 Å². The van der Waals surface area contributed by atoms with Crippen LogP contribution in [0.2, 0.25) is 0 Å². The van der Waals surface area contributed by atoms with Crippen LogP contribution in [0.5, 0.6) is 0 Å². The Kier molecular flexibility index (Phi) is 1.45. The van der Waals surface area contributed by atoms with E-state index in [1.807, 2.05) is 6.92 Å². The molecule has 1 saturated carbocycles. The third-order valence-electron chi connectivity index (χ3n) is 2.06. The lowest BCUT2D eigenvalue weighted by Crippen LogP contribution is -2.01. The van der Waals surface area contributed by atoms with Crippen molar-refractivity contribution in [1.29, 1.82) is 0 Å². The molecule has 0 bridgehead atoms. The van der Waals surface area contributed by atoms with E-state index >= 15 is 0 Å². The Labute approximate surface area is 53.3 Å². The molecule has 9 heavy (non-hydrogen) atoms. The van der Waals surface area contributed by atoms with Crippen LogP contribution in [0.25, 0.3) is 0 Å². The molecule has 3 atom stereocenters. The summed E-state index contributed by atoms with van der Waals surface area (Å²) in [7, 11) is 0. The lowest BCUT2D eigenvalue weighted by Gasteiger charge is -1.84. The van der Waals surface area contributed by atoms with Crippen molar-refractivity contribution >= 4 is 5.97 Å². The molecule has 0 aromatic rings. The molecule has 52 valence electrons. The van der Waals surface area contributed by atoms with Crippen LogP contribution < -0.4 is 0 Å². The number of aliphatic hydroxyl groups is 1. The largest absolute Gasteiger partial charge is 0.481 e. The third-order valence-corrected chi connectivity index (χ3v) is 2.06. The van der Waals surface area contributed by atoms with Crippen LogP contribution in [-0.4, -0.2) is 22.8 Å². The Morgan fingerprint density at radius 3 is 2.33 bits per heavy atom. The van der Waals surface area contributed by atoms with E-state index in [-0.39, 0.29) is 24.4 Å². The number of carboxylic acids is 1. The van der Waals surface area contributed by atoms with Crippen molar-refractivity contribution in [3.8, 4) is 0 Å². The van der Waals surface area contributed by atoms with Gasteiger partial charge in [0, 0.05) is 6.61 Å². The maximum atomic E-state index is 10.2. The molecule has 1 rings (SSSR count). The fourth-order valence-electron chi connectivity index (χ4n) is 1.23. The van der Waals surface area contributed by atoms with Gasteiger partial charge in [0.15, 0.2) is 0 Å². The molecule has 1 fully saturated rings. The molecule has 0 aromatic heterocycles. The average molecular weight is 130 g/mol. The lowest BCUT2D eigenvalue weighted by molar-refractivity contribution is -0.139. The molecular weight excluding hydrogens is 120 g/mol. The maximum absolute atomic E-state index is 10.2. The summed E-state index contributed by atoms with van der Waals surface area (Å²) in [4.78, 5) is 10.2. The van der Waals surface area contributed by atoms with Gasteiger partial charge in [-0.1, -0.05) is 6.92 Å². The van der Waals surface area contributed by atoms with Gasteiger partial charge in [-0.25, -0.2) is 0 Å². The summed E-state index contributed by atoms with van der Waals surface area (Å²) in [5.41, 5.74) is 0. The average Bonchev–Trinajstić information content (AvgIpc) is 2.40. The molecule has 2 N–H and O–H groups in total. The Bertz CT molecular complexity index is 132. The lowest BCUT2D eigenvalue weighted by atomic mass is 10.3. The topological polar surface area (TPSA) is 57.5 Å². The van der Waals surface area contributed by atoms with Crippen LogP contribution in [-0.2, 0) is 4.79 Å². The summed E-state index contributed by atoms with van der Waals surface area (Å²) < 4.78 is 0. The predicted octanol–water partition coefficient (Wildman–Crippen LogP) is -0.0546. The summed E-state index contributed by atoms with van der Waals surface area (Å²) in [6, 6.07) is 0. The zero-order valence-electron chi connectivity index (χ0n) is 5.24. The van der Waals surface area contributed by atoms with Crippen molar-refractivity contribution in [3.05, 3.63) is 0 Å². The minimum Gasteiger partial charge on any atom is -0.481 e. The first-order valence-corrected chi connectivity index (χ1v) is 3.02. The van der Waals surface area contributed by atoms with E-state index < -0.39 is 5.97 Å². The fraction of sp³-hybridized carbons (Fsp3) is 0.833. The highest BCUT2D eigenvalue weighted by Crippen LogP contribution is 2.45. The number of rotatable bonds is 2. The summed E-state index contributed by atoms with van der Waals surface area (Å²) in [6.07, 6.45) is 0. The van der Waals surface area contributed by atoms with Gasteiger partial charge in [-0.2, -0.15) is 0 Å². The van der Waals surface area contributed by atoms with Crippen molar-refractivity contribution < 1.29 is 15.0 Å². The van der Waals surface area contributed by atoms with E-state index in [2.05, 4.69) is 0 Å². The Morgan fingerprint density at radius 2 is 2.22 bits per heavy atom. The molecule has 3 heteroatoms. The first-order valence-electron chi connectivity index (χ1n) is 3.02. The number of carboxylic acid groups (broad SMARTS) is 1. The highest BCUT2D eigenvalue weighted by Gasteiger charge is 2.51. The SMILES string of the molecule is C[C@@H]1[C@H](CO)[C@@H]1C(=O)O. The number of aliphatic carboxylic acids is 1. The fourth-order valence-corrected chi connectivity index (χ4v) is 1.23. The van der Waals surface area contributed by atoms with Gasteiger partial charge in [-0.3, -0.25) is 4.79 Å². The molecule has 0 aromatic carbocycles. The zero-order valence-corrected chi connectivity index (χ0v) is 5.24. The van der Waals surface area contributed by atoms with Gasteiger partial charge in [0.2, 0.25) is 0 Å². The number of hydrogen-bond donors (Lipinski definition) is 2. The minimum absolute atomic E-state index is 0.0120. The molecule has 0 heterocycles. The molecule has 0 radical (unpaired) electrons. The molecule has 1 aliphatic carbocycles. The van der Waals surface area contributed by atoms with E-state index in [0.717, 1.165) is 0 Å². The van der Waals surface area contributed by atoms with Gasteiger partial charge in [-0.05, 0) is 11.8 Å². The predicted molar refractivity (Wildman–Crippen MR) is 30.9 cm³/mol. The standard InChI is InChI=1S/C6H10O3/c1-3-4(2-7)5(3)6(8)9/h3-5,7H,2H2,1H3,(H,8,9)/t3-,4+,5-/m1/s1. The summed E-state index contributed by atoms with van der Waals surface area (Å²) in [5.74, 6) is -0.869. The van der Waals surface area contributed by atoms with Crippen molar-refractivity contribution in [2.75, 3.05) is 6.61 Å². The molecule has 0 amide bonds. The third kappa shape index (κ3) is 0.920. The van der Waals surface area contributed by atoms with Crippen LogP contribution in [0.15, 0.2) is 0 Å². The summed E-state index contributed by atoms with van der Waals surface area (Å²) in [5, 5.41) is 16.9. The Morgan fingerprint density at radius 1 is 1.67 bits per heavy atom. The second-order valence-electron chi connectivity index (χ2n) is 2.57. The van der Waals surface area contributed by atoms with Crippen LogP contribution in [0.3, 0.4) is 0 Å². The number of hydrogen-bond acceptors (Lipinski definition) is 2. The maximum Gasteiger partial charge on any atom is 0.307 e. The van der Waals surface area contributed by atoms with Crippen molar-refractivity contribution in [2.45, 2.75) is 6.92 Å². The molecule has 1 aliphatic rings. The highest BCUT2D eigenvalue weighted by atomic mass is 16.4. The molecule has 0 saturated heterocycles. The molecule has 0 aliphatic heterocycles. The van der Waals surface area contributed by atoms with Gasteiger partial charge in [0.1, 0.15) is 0 Å². The summed E-state index contributed by atoms with van der Waals surface area (Å²) in [6.45, 7) is 1.86. The van der Waals surface area contributed by atoms with Crippen LogP contribution in [0.4, 0.5) is 0 Å². The minimum atomic E-state index is -0.776. The van der Waals surface area contributed by atoms with Gasteiger partial charge in [0.25, 0.3) is 0 Å². The van der Waals surface area contributed by atoms with E-state index in [1.54, 1.807) is 0 Å². The molecule has 3 nitrogen and oxygen atoms in total. The quantitative estimate of drug-likeness (QED) is 0.550. The van der Waals surface area contributed by atoms with Gasteiger partial charge in [-0.15, -0.1) is 0 Å². The first kappa shape index (κ1) is 6.55. The van der Waals surface area contributed by atoms with Gasteiger partial charge < -0.3 is 10.2 Å². The van der Waals surface area contributed by atoms with Crippen LogP contribution >= 0.6 is 0 Å². The molecule has 0 spiro atoms. The first-order chi connectivity index (χ1) is 4.18. The zero-order chi connectivity index (χ0) is 7.02. The van der Waals surface area contributed by atoms with E-state index in [0.29, 0.717) is 0 Å². The van der Waals surface area contributed by atoms with Crippen molar-refractivity contribution in [1.82, 2.24) is 0 Å². The van der Waals surface area contributed by atoms with Gasteiger partial charge in [0.05, 0.1) is 5.92 Å². The second kappa shape index (κ2) is 1.99. The van der Waals surface area contributed by atoms with Gasteiger partial charge >= 0.3 is 5.97 Å². The number of aliphatic hydroxyl groups excluding tert-OH is 1. The monoisotopic (exact) mass is 130 g/mol. The second-order valence-corrected chi connectivity index (χ2v) is 2.57. The van der Waals surface area contributed by atoms with E-state index in [1.165, 1.54) is 0 Å². The van der Waals surface area contributed by atoms with Crippen LogP contribution in [0, 0.1) is 17.8 Å². The van der Waals surface area contributed by atoms with Crippen molar-refractivity contribution in [3.63, 3.8) is 0 Å². The molecular formula is C6H10O3. The van der Waals surface area contributed by atoms with Crippen molar-refractivity contribution in [2.24, 2.45) is 17.8 Å². The smallest absolute Gasteiger partial charge is 0.307 e.